The third kappa shape index (κ3) is 2.29. The number of halogens is 1. The predicted octanol–water partition coefficient (Wildman–Crippen LogP) is 2.78. The first-order valence-electron chi connectivity index (χ1n) is 5.38. The quantitative estimate of drug-likeness (QED) is 0.830. The maximum Gasteiger partial charge on any atom is 0.165 e. The van der Waals surface area contributed by atoms with E-state index in [1.165, 1.54) is 12.5 Å². The average molecular weight is 209 g/mol. The van der Waals surface area contributed by atoms with Crippen molar-refractivity contribution in [1.82, 2.24) is 0 Å². The minimum Gasteiger partial charge on any atom is -0.487 e. The molecule has 0 saturated heterocycles. The van der Waals surface area contributed by atoms with Crippen LogP contribution in [-0.2, 0) is 0 Å². The van der Waals surface area contributed by atoms with Crippen LogP contribution in [0.1, 0.15) is 37.8 Å². The van der Waals surface area contributed by atoms with Gasteiger partial charge < -0.3 is 10.5 Å². The maximum atomic E-state index is 13.6. The molecule has 0 aliphatic heterocycles. The molecule has 3 heteroatoms. The van der Waals surface area contributed by atoms with E-state index < -0.39 is 0 Å². The summed E-state index contributed by atoms with van der Waals surface area (Å²) >= 11 is 0. The van der Waals surface area contributed by atoms with Gasteiger partial charge in [-0.2, -0.15) is 0 Å². The number of benzene rings is 1. The molecule has 0 aromatic heterocycles. The molecule has 1 aromatic rings. The van der Waals surface area contributed by atoms with Gasteiger partial charge in [-0.25, -0.2) is 4.39 Å². The van der Waals surface area contributed by atoms with E-state index >= 15 is 0 Å². The molecule has 0 spiro atoms. The molecule has 82 valence electrons. The lowest BCUT2D eigenvalue weighted by atomic mass is 9.96. The third-order valence-electron chi connectivity index (χ3n) is 2.83. The zero-order chi connectivity index (χ0) is 10.8. The SMILES string of the molecule is C[C@H](N)c1ccc(OC2CCC2)c(F)c1. The molecule has 1 aliphatic rings. The monoisotopic (exact) mass is 209 g/mol. The largest absolute Gasteiger partial charge is 0.487 e. The fraction of sp³-hybridized carbons (Fsp3) is 0.500. The first-order chi connectivity index (χ1) is 7.16. The van der Waals surface area contributed by atoms with E-state index in [4.69, 9.17) is 10.5 Å². The summed E-state index contributed by atoms with van der Waals surface area (Å²) in [4.78, 5) is 0. The molecule has 1 fully saturated rings. The van der Waals surface area contributed by atoms with Crippen LogP contribution < -0.4 is 10.5 Å². The van der Waals surface area contributed by atoms with Crippen LogP contribution in [0.2, 0.25) is 0 Å². The number of hydrogen-bond donors (Lipinski definition) is 1. The smallest absolute Gasteiger partial charge is 0.165 e. The van der Waals surface area contributed by atoms with E-state index in [2.05, 4.69) is 0 Å². The van der Waals surface area contributed by atoms with E-state index in [9.17, 15) is 4.39 Å². The van der Waals surface area contributed by atoms with Crippen LogP contribution in [0.15, 0.2) is 18.2 Å². The van der Waals surface area contributed by atoms with Crippen molar-refractivity contribution >= 4 is 0 Å². The van der Waals surface area contributed by atoms with Crippen LogP contribution in [0.5, 0.6) is 5.75 Å². The third-order valence-corrected chi connectivity index (χ3v) is 2.83. The summed E-state index contributed by atoms with van der Waals surface area (Å²) in [6.45, 7) is 1.83. The van der Waals surface area contributed by atoms with Crippen LogP contribution in [0.3, 0.4) is 0 Å². The normalized spacial score (nSPS) is 18.3. The fourth-order valence-electron chi connectivity index (χ4n) is 1.56. The Morgan fingerprint density at radius 2 is 2.20 bits per heavy atom. The number of ether oxygens (including phenoxy) is 1. The molecule has 1 atom stereocenters. The van der Waals surface area contributed by atoms with Crippen molar-refractivity contribution in [2.45, 2.75) is 38.3 Å². The van der Waals surface area contributed by atoms with Crippen LogP contribution in [0.25, 0.3) is 0 Å². The highest BCUT2D eigenvalue weighted by molar-refractivity contribution is 5.31. The molecular weight excluding hydrogens is 193 g/mol. The minimum atomic E-state index is -0.309. The summed E-state index contributed by atoms with van der Waals surface area (Å²) in [5.41, 5.74) is 6.46. The van der Waals surface area contributed by atoms with Gasteiger partial charge in [-0.15, -0.1) is 0 Å². The van der Waals surface area contributed by atoms with E-state index in [0.29, 0.717) is 5.75 Å². The van der Waals surface area contributed by atoms with Gasteiger partial charge >= 0.3 is 0 Å². The van der Waals surface area contributed by atoms with E-state index in [0.717, 1.165) is 18.4 Å². The van der Waals surface area contributed by atoms with Crippen LogP contribution in [-0.4, -0.2) is 6.10 Å². The fourth-order valence-corrected chi connectivity index (χ4v) is 1.56. The Morgan fingerprint density at radius 1 is 1.47 bits per heavy atom. The Bertz CT molecular complexity index is 347. The Labute approximate surface area is 89.2 Å². The molecule has 1 aromatic carbocycles. The lowest BCUT2D eigenvalue weighted by Gasteiger charge is -2.26. The van der Waals surface area contributed by atoms with E-state index in [1.807, 2.05) is 13.0 Å². The number of nitrogens with two attached hydrogens (primary N) is 1. The second-order valence-corrected chi connectivity index (χ2v) is 4.15. The molecule has 0 radical (unpaired) electrons. The summed E-state index contributed by atoms with van der Waals surface area (Å²) < 4.78 is 19.1. The van der Waals surface area contributed by atoms with Crippen LogP contribution >= 0.6 is 0 Å². The highest BCUT2D eigenvalue weighted by Gasteiger charge is 2.20. The molecular formula is C12H16FNO. The summed E-state index contributed by atoms with van der Waals surface area (Å²) in [5, 5.41) is 0. The summed E-state index contributed by atoms with van der Waals surface area (Å²) in [6, 6.07) is 4.81. The van der Waals surface area contributed by atoms with Gasteiger partial charge in [0.2, 0.25) is 0 Å². The highest BCUT2D eigenvalue weighted by atomic mass is 19.1. The van der Waals surface area contributed by atoms with Crippen LogP contribution in [0, 0.1) is 5.82 Å². The standard InChI is InChI=1S/C12H16FNO/c1-8(14)9-5-6-12(11(13)7-9)15-10-3-2-4-10/h5-8,10H,2-4,14H2,1H3/t8-/m0/s1. The van der Waals surface area contributed by atoms with Gasteiger partial charge in [-0.1, -0.05) is 6.07 Å². The maximum absolute atomic E-state index is 13.6. The Morgan fingerprint density at radius 3 is 2.67 bits per heavy atom. The highest BCUT2D eigenvalue weighted by Crippen LogP contribution is 2.28. The van der Waals surface area contributed by atoms with Crippen molar-refractivity contribution in [3.63, 3.8) is 0 Å². The molecule has 0 bridgehead atoms. The van der Waals surface area contributed by atoms with Gasteiger partial charge in [0.25, 0.3) is 0 Å². The number of hydrogen-bond acceptors (Lipinski definition) is 2. The van der Waals surface area contributed by atoms with Crippen molar-refractivity contribution in [2.24, 2.45) is 5.73 Å². The lowest BCUT2D eigenvalue weighted by molar-refractivity contribution is 0.115. The van der Waals surface area contributed by atoms with Gasteiger partial charge in [0.1, 0.15) is 0 Å². The van der Waals surface area contributed by atoms with Crippen molar-refractivity contribution in [1.29, 1.82) is 0 Å². The van der Waals surface area contributed by atoms with Gasteiger partial charge in [-0.05, 0) is 43.9 Å². The summed E-state index contributed by atoms with van der Waals surface area (Å²) in [7, 11) is 0. The molecule has 0 unspecified atom stereocenters. The molecule has 2 N–H and O–H groups in total. The van der Waals surface area contributed by atoms with Gasteiger partial charge in [-0.3, -0.25) is 0 Å². The lowest BCUT2D eigenvalue weighted by Crippen LogP contribution is -2.25. The van der Waals surface area contributed by atoms with Gasteiger partial charge in [0.15, 0.2) is 11.6 Å². The molecule has 1 aliphatic carbocycles. The van der Waals surface area contributed by atoms with Crippen molar-refractivity contribution in [2.75, 3.05) is 0 Å². The summed E-state index contributed by atoms with van der Waals surface area (Å²) in [6.07, 6.45) is 3.47. The zero-order valence-electron chi connectivity index (χ0n) is 8.87. The molecule has 0 heterocycles. The second-order valence-electron chi connectivity index (χ2n) is 4.15. The predicted molar refractivity (Wildman–Crippen MR) is 57.3 cm³/mol. The summed E-state index contributed by atoms with van der Waals surface area (Å²) in [5.74, 6) is 0.0424. The van der Waals surface area contributed by atoms with E-state index in [1.54, 1.807) is 6.07 Å². The molecule has 2 nitrogen and oxygen atoms in total. The first kappa shape index (κ1) is 10.4. The average Bonchev–Trinajstić information content (AvgIpc) is 2.12. The van der Waals surface area contributed by atoms with Crippen molar-refractivity contribution in [3.8, 4) is 5.75 Å². The van der Waals surface area contributed by atoms with Crippen LogP contribution in [0.4, 0.5) is 4.39 Å². The first-order valence-corrected chi connectivity index (χ1v) is 5.38. The number of rotatable bonds is 3. The van der Waals surface area contributed by atoms with E-state index in [-0.39, 0.29) is 18.0 Å². The molecule has 2 rings (SSSR count). The topological polar surface area (TPSA) is 35.2 Å². The Balaban J connectivity index is 2.11. The Hall–Kier alpha value is -1.09. The van der Waals surface area contributed by atoms with Gasteiger partial charge in [0.05, 0.1) is 6.10 Å². The van der Waals surface area contributed by atoms with Crippen molar-refractivity contribution in [3.05, 3.63) is 29.6 Å². The Kier molecular flexibility index (Phi) is 2.91. The van der Waals surface area contributed by atoms with Gasteiger partial charge in [0, 0.05) is 6.04 Å². The van der Waals surface area contributed by atoms with Crippen molar-refractivity contribution < 1.29 is 9.13 Å². The molecule has 15 heavy (non-hydrogen) atoms. The molecule has 0 amide bonds. The zero-order valence-corrected chi connectivity index (χ0v) is 8.87. The molecule has 1 saturated carbocycles. The minimum absolute atomic E-state index is 0.141. The second kappa shape index (κ2) is 4.19.